The minimum absolute atomic E-state index is 0.0696. The first-order valence-electron chi connectivity index (χ1n) is 9.77. The number of hydrogen-bond acceptors (Lipinski definition) is 5. The van der Waals surface area contributed by atoms with E-state index >= 15 is 0 Å². The van der Waals surface area contributed by atoms with Crippen LogP contribution in [0.25, 0.3) is 0 Å². The fraction of sp³-hybridized carbons (Fsp3) is 0.125. The van der Waals surface area contributed by atoms with E-state index in [1.54, 1.807) is 48.5 Å². The summed E-state index contributed by atoms with van der Waals surface area (Å²) in [7, 11) is 0. The molecule has 1 unspecified atom stereocenters. The molecule has 0 fully saturated rings. The molecule has 3 N–H and O–H groups in total. The van der Waals surface area contributed by atoms with Crippen molar-refractivity contribution in [2.75, 3.05) is 11.9 Å². The monoisotopic (exact) mass is 452 g/mol. The third kappa shape index (κ3) is 6.58. The normalized spacial score (nSPS) is 11.3. The summed E-state index contributed by atoms with van der Waals surface area (Å²) in [6.45, 7) is -0.486. The fourth-order valence-electron chi connectivity index (χ4n) is 2.93. The van der Waals surface area contributed by atoms with Crippen molar-refractivity contribution in [1.29, 1.82) is 0 Å². The number of amides is 2. The highest BCUT2D eigenvalue weighted by atomic mass is 35.5. The largest absolute Gasteiger partial charge is 0.508 e. The molecule has 0 aliphatic rings. The summed E-state index contributed by atoms with van der Waals surface area (Å²) in [4.78, 5) is 37.1. The number of phenolic OH excluding ortho intramolecular Hbond substituents is 1. The third-order valence-electron chi connectivity index (χ3n) is 4.51. The molecule has 1 atom stereocenters. The zero-order chi connectivity index (χ0) is 22.9. The van der Waals surface area contributed by atoms with Crippen LogP contribution in [0.1, 0.15) is 28.4 Å². The smallest absolute Gasteiger partial charge is 0.308 e. The van der Waals surface area contributed by atoms with Crippen LogP contribution in [0.15, 0.2) is 78.9 Å². The Balaban J connectivity index is 1.61. The SMILES string of the molecule is O=C(COC(=O)CC(NC(=O)c1ccccc1Cl)c1ccccc1)Nc1ccc(O)cc1. The van der Waals surface area contributed by atoms with Crippen LogP contribution in [-0.2, 0) is 14.3 Å². The van der Waals surface area contributed by atoms with Gasteiger partial charge in [-0.15, -0.1) is 0 Å². The van der Waals surface area contributed by atoms with Gasteiger partial charge in [-0.2, -0.15) is 0 Å². The maximum Gasteiger partial charge on any atom is 0.308 e. The van der Waals surface area contributed by atoms with Gasteiger partial charge in [-0.05, 0) is 42.0 Å². The molecule has 7 nitrogen and oxygen atoms in total. The number of aromatic hydroxyl groups is 1. The second-order valence-corrected chi connectivity index (χ2v) is 7.28. The van der Waals surface area contributed by atoms with Gasteiger partial charge in [0, 0.05) is 5.69 Å². The highest BCUT2D eigenvalue weighted by molar-refractivity contribution is 6.33. The zero-order valence-electron chi connectivity index (χ0n) is 17.0. The lowest BCUT2D eigenvalue weighted by Crippen LogP contribution is -2.31. The van der Waals surface area contributed by atoms with E-state index < -0.39 is 30.4 Å². The predicted molar refractivity (Wildman–Crippen MR) is 120 cm³/mol. The van der Waals surface area contributed by atoms with E-state index in [0.717, 1.165) is 0 Å². The predicted octanol–water partition coefficient (Wildman–Crippen LogP) is 4.09. The number of benzene rings is 3. The molecule has 3 rings (SSSR count). The molecule has 0 heterocycles. The lowest BCUT2D eigenvalue weighted by atomic mass is 10.0. The number of phenols is 1. The first kappa shape index (κ1) is 22.8. The van der Waals surface area contributed by atoms with Crippen molar-refractivity contribution in [3.05, 3.63) is 95.0 Å². The molecule has 0 saturated heterocycles. The van der Waals surface area contributed by atoms with Crippen LogP contribution in [0, 0.1) is 0 Å². The number of esters is 1. The van der Waals surface area contributed by atoms with Crippen molar-refractivity contribution < 1.29 is 24.2 Å². The van der Waals surface area contributed by atoms with Gasteiger partial charge in [0.1, 0.15) is 5.75 Å². The maximum atomic E-state index is 12.7. The van der Waals surface area contributed by atoms with Gasteiger partial charge in [0.25, 0.3) is 11.8 Å². The highest BCUT2D eigenvalue weighted by Gasteiger charge is 2.21. The number of carbonyl (C=O) groups is 3. The van der Waals surface area contributed by atoms with Crippen LogP contribution in [0.4, 0.5) is 5.69 Å². The van der Waals surface area contributed by atoms with Gasteiger partial charge in [-0.1, -0.05) is 54.1 Å². The van der Waals surface area contributed by atoms with Crippen molar-refractivity contribution in [1.82, 2.24) is 5.32 Å². The zero-order valence-corrected chi connectivity index (χ0v) is 17.7. The Bertz CT molecular complexity index is 1090. The molecule has 3 aromatic carbocycles. The number of halogens is 1. The van der Waals surface area contributed by atoms with E-state index in [9.17, 15) is 19.5 Å². The number of carbonyl (C=O) groups excluding carboxylic acids is 3. The summed E-state index contributed by atoms with van der Waals surface area (Å²) in [6, 6.07) is 20.8. The number of nitrogens with one attached hydrogen (secondary N) is 2. The molecule has 3 aromatic rings. The molecule has 164 valence electrons. The molecule has 0 bridgehead atoms. The molecule has 0 radical (unpaired) electrons. The average molecular weight is 453 g/mol. The van der Waals surface area contributed by atoms with E-state index in [1.807, 2.05) is 6.07 Å². The van der Waals surface area contributed by atoms with E-state index in [0.29, 0.717) is 16.3 Å². The lowest BCUT2D eigenvalue weighted by molar-refractivity contribution is -0.147. The number of hydrogen-bond donors (Lipinski definition) is 3. The average Bonchev–Trinajstić information content (AvgIpc) is 2.79. The molecule has 2 amide bonds. The standard InChI is InChI=1S/C24H21ClN2O5/c25-20-9-5-4-8-19(20)24(31)27-21(16-6-2-1-3-7-16)14-23(30)32-15-22(29)26-17-10-12-18(28)13-11-17/h1-13,21,28H,14-15H2,(H,26,29)(H,27,31). The molecule has 32 heavy (non-hydrogen) atoms. The number of rotatable bonds is 8. The summed E-state index contributed by atoms with van der Waals surface area (Å²) < 4.78 is 5.09. The molecule has 0 aromatic heterocycles. The Morgan fingerprint density at radius 1 is 0.906 bits per heavy atom. The topological polar surface area (TPSA) is 105 Å². The number of anilines is 1. The van der Waals surface area contributed by atoms with Crippen LogP contribution in [0.2, 0.25) is 5.02 Å². The Kier molecular flexibility index (Phi) is 7.83. The summed E-state index contributed by atoms with van der Waals surface area (Å²) in [5, 5.41) is 14.9. The third-order valence-corrected chi connectivity index (χ3v) is 4.84. The Morgan fingerprint density at radius 3 is 2.25 bits per heavy atom. The quantitative estimate of drug-likeness (QED) is 0.352. The van der Waals surface area contributed by atoms with Crippen LogP contribution in [0.3, 0.4) is 0 Å². The first-order chi connectivity index (χ1) is 15.4. The highest BCUT2D eigenvalue weighted by Crippen LogP contribution is 2.21. The van der Waals surface area contributed by atoms with E-state index in [4.69, 9.17) is 16.3 Å². The summed E-state index contributed by atoms with van der Waals surface area (Å²) >= 11 is 6.10. The molecular weight excluding hydrogens is 432 g/mol. The molecule has 0 aliphatic heterocycles. The Morgan fingerprint density at radius 2 is 1.56 bits per heavy atom. The number of ether oxygens (including phenoxy) is 1. The van der Waals surface area contributed by atoms with Crippen molar-refractivity contribution in [2.45, 2.75) is 12.5 Å². The van der Waals surface area contributed by atoms with Crippen LogP contribution in [0.5, 0.6) is 5.75 Å². The molecule has 0 spiro atoms. The second kappa shape index (κ2) is 11.0. The van der Waals surface area contributed by atoms with Gasteiger partial charge in [0.05, 0.1) is 23.0 Å². The molecule has 0 saturated carbocycles. The van der Waals surface area contributed by atoms with Gasteiger partial charge in [0.2, 0.25) is 0 Å². The van der Waals surface area contributed by atoms with Crippen molar-refractivity contribution in [3.63, 3.8) is 0 Å². The van der Waals surface area contributed by atoms with Gasteiger partial charge < -0.3 is 20.5 Å². The summed E-state index contributed by atoms with van der Waals surface area (Å²) in [5.41, 5.74) is 1.45. The van der Waals surface area contributed by atoms with Gasteiger partial charge in [-0.3, -0.25) is 14.4 Å². The summed E-state index contributed by atoms with van der Waals surface area (Å²) in [6.07, 6.45) is -0.174. The Labute approximate surface area is 190 Å². The van der Waals surface area contributed by atoms with Crippen molar-refractivity contribution >= 4 is 35.1 Å². The van der Waals surface area contributed by atoms with E-state index in [1.165, 1.54) is 24.3 Å². The van der Waals surface area contributed by atoms with Crippen LogP contribution >= 0.6 is 11.6 Å². The fourth-order valence-corrected chi connectivity index (χ4v) is 3.15. The van der Waals surface area contributed by atoms with Crippen molar-refractivity contribution in [3.8, 4) is 5.75 Å². The van der Waals surface area contributed by atoms with Gasteiger partial charge in [0.15, 0.2) is 6.61 Å². The molecular formula is C24H21ClN2O5. The first-order valence-corrected chi connectivity index (χ1v) is 10.1. The van der Waals surface area contributed by atoms with Crippen LogP contribution < -0.4 is 10.6 Å². The van der Waals surface area contributed by atoms with Crippen LogP contribution in [-0.4, -0.2) is 29.5 Å². The molecule has 0 aliphatic carbocycles. The van der Waals surface area contributed by atoms with E-state index in [-0.39, 0.29) is 17.7 Å². The molecule has 8 heteroatoms. The minimum atomic E-state index is -0.673. The second-order valence-electron chi connectivity index (χ2n) is 6.88. The van der Waals surface area contributed by atoms with Gasteiger partial charge >= 0.3 is 5.97 Å². The summed E-state index contributed by atoms with van der Waals surface area (Å²) in [5.74, 6) is -1.54. The Hall–Kier alpha value is -3.84. The maximum absolute atomic E-state index is 12.7. The van der Waals surface area contributed by atoms with Gasteiger partial charge in [-0.25, -0.2) is 0 Å². The lowest BCUT2D eigenvalue weighted by Gasteiger charge is -2.19. The minimum Gasteiger partial charge on any atom is -0.508 e. The van der Waals surface area contributed by atoms with Crippen molar-refractivity contribution in [2.24, 2.45) is 0 Å². The van der Waals surface area contributed by atoms with E-state index in [2.05, 4.69) is 10.6 Å².